The van der Waals surface area contributed by atoms with Crippen LogP contribution in [0.25, 0.3) is 0 Å². The Morgan fingerprint density at radius 1 is 1.25 bits per heavy atom. The Hall–Kier alpha value is -1.33. The third kappa shape index (κ3) is 3.22. The highest BCUT2D eigenvalue weighted by molar-refractivity contribution is 6.55. The Morgan fingerprint density at radius 3 is 2.45 bits per heavy atom. The predicted octanol–water partition coefficient (Wildman–Crippen LogP) is 3.57. The SMILES string of the molecule is O=C(c1ccc(N2CCCCC2)c([N+](=O)[O-])c1)C(Cl)Cl. The number of anilines is 1. The zero-order valence-electron chi connectivity index (χ0n) is 10.7. The molecule has 0 bridgehead atoms. The number of alkyl halides is 2. The minimum absolute atomic E-state index is 0.0771. The molecule has 0 unspecified atom stereocenters. The maximum absolute atomic E-state index is 11.7. The van der Waals surface area contributed by atoms with Gasteiger partial charge < -0.3 is 4.90 Å². The molecule has 1 saturated heterocycles. The second-order valence-electron chi connectivity index (χ2n) is 4.67. The van der Waals surface area contributed by atoms with E-state index in [0.29, 0.717) is 5.69 Å². The van der Waals surface area contributed by atoms with Gasteiger partial charge in [0.2, 0.25) is 0 Å². The number of piperidine rings is 1. The van der Waals surface area contributed by atoms with Crippen molar-refractivity contribution in [2.75, 3.05) is 18.0 Å². The van der Waals surface area contributed by atoms with Crippen molar-refractivity contribution in [3.05, 3.63) is 33.9 Å². The van der Waals surface area contributed by atoms with Crippen LogP contribution in [-0.4, -0.2) is 28.6 Å². The number of ketones is 1. The van der Waals surface area contributed by atoms with Gasteiger partial charge in [-0.05, 0) is 31.4 Å². The molecule has 0 aliphatic carbocycles. The Morgan fingerprint density at radius 2 is 1.90 bits per heavy atom. The summed E-state index contributed by atoms with van der Waals surface area (Å²) in [4.78, 5) is 23.2. The Balaban J connectivity index is 2.37. The van der Waals surface area contributed by atoms with Gasteiger partial charge in [-0.2, -0.15) is 0 Å². The maximum Gasteiger partial charge on any atom is 0.293 e. The van der Waals surface area contributed by atoms with Crippen LogP contribution in [0.4, 0.5) is 11.4 Å². The van der Waals surface area contributed by atoms with Crippen LogP contribution < -0.4 is 4.90 Å². The zero-order chi connectivity index (χ0) is 14.7. The van der Waals surface area contributed by atoms with E-state index < -0.39 is 15.5 Å². The Kier molecular flexibility index (Phi) is 4.83. The molecule has 0 radical (unpaired) electrons. The molecule has 20 heavy (non-hydrogen) atoms. The van der Waals surface area contributed by atoms with Gasteiger partial charge >= 0.3 is 0 Å². The van der Waals surface area contributed by atoms with Gasteiger partial charge in [-0.1, -0.05) is 23.2 Å². The number of halogens is 2. The van der Waals surface area contributed by atoms with Crippen molar-refractivity contribution < 1.29 is 9.72 Å². The highest BCUT2D eigenvalue weighted by Gasteiger charge is 2.24. The minimum atomic E-state index is -1.21. The first-order valence-electron chi connectivity index (χ1n) is 6.36. The summed E-state index contributed by atoms with van der Waals surface area (Å²) < 4.78 is 0. The first-order chi connectivity index (χ1) is 9.50. The molecule has 1 aromatic carbocycles. The minimum Gasteiger partial charge on any atom is -0.366 e. The lowest BCUT2D eigenvalue weighted by Gasteiger charge is -2.28. The van der Waals surface area contributed by atoms with Crippen LogP contribution >= 0.6 is 23.2 Å². The van der Waals surface area contributed by atoms with E-state index in [1.807, 2.05) is 4.90 Å². The fourth-order valence-electron chi connectivity index (χ4n) is 2.35. The Bertz CT molecular complexity index is 528. The molecule has 7 heteroatoms. The van der Waals surface area contributed by atoms with Crippen molar-refractivity contribution in [1.82, 2.24) is 0 Å². The molecule has 1 aliphatic rings. The first kappa shape index (κ1) is 15.1. The topological polar surface area (TPSA) is 63.5 Å². The molecule has 0 atom stereocenters. The number of carbonyl (C=O) groups excluding carboxylic acids is 1. The van der Waals surface area contributed by atoms with Crippen molar-refractivity contribution >= 4 is 40.4 Å². The number of rotatable bonds is 4. The molecule has 1 aliphatic heterocycles. The fourth-order valence-corrected chi connectivity index (χ4v) is 2.60. The van der Waals surface area contributed by atoms with Crippen LogP contribution in [0.3, 0.4) is 0 Å². The molecule has 0 saturated carbocycles. The van der Waals surface area contributed by atoms with E-state index in [9.17, 15) is 14.9 Å². The van der Waals surface area contributed by atoms with E-state index in [0.717, 1.165) is 32.4 Å². The lowest BCUT2D eigenvalue weighted by atomic mass is 10.1. The quantitative estimate of drug-likeness (QED) is 0.368. The summed E-state index contributed by atoms with van der Waals surface area (Å²) >= 11 is 11.0. The van der Waals surface area contributed by atoms with E-state index in [2.05, 4.69) is 0 Å². The summed E-state index contributed by atoms with van der Waals surface area (Å²) in [6.45, 7) is 1.59. The zero-order valence-corrected chi connectivity index (χ0v) is 12.2. The summed E-state index contributed by atoms with van der Waals surface area (Å²) in [5.41, 5.74) is 0.631. The number of hydrogen-bond donors (Lipinski definition) is 0. The van der Waals surface area contributed by atoms with Gasteiger partial charge in [0.1, 0.15) is 5.69 Å². The number of nitrogens with zero attached hydrogens (tertiary/aromatic N) is 2. The van der Waals surface area contributed by atoms with Crippen molar-refractivity contribution in [3.8, 4) is 0 Å². The molecule has 0 spiro atoms. The van der Waals surface area contributed by atoms with Crippen molar-refractivity contribution in [3.63, 3.8) is 0 Å². The standard InChI is InChI=1S/C13H14Cl2N2O3/c14-13(15)12(18)9-4-5-10(11(8-9)17(19)20)16-6-2-1-3-7-16/h4-5,8,13H,1-3,6-7H2. The van der Waals surface area contributed by atoms with Crippen LogP contribution in [0.2, 0.25) is 0 Å². The molecular formula is C13H14Cl2N2O3. The number of nitro benzene ring substituents is 1. The van der Waals surface area contributed by atoms with Gasteiger partial charge in [0.25, 0.3) is 5.69 Å². The fraction of sp³-hybridized carbons (Fsp3) is 0.462. The normalized spacial score (nSPS) is 15.4. The summed E-state index contributed by atoms with van der Waals surface area (Å²) in [5, 5.41) is 11.2. The van der Waals surface area contributed by atoms with Crippen molar-refractivity contribution in [2.45, 2.75) is 24.1 Å². The van der Waals surface area contributed by atoms with Crippen molar-refractivity contribution in [2.24, 2.45) is 0 Å². The van der Waals surface area contributed by atoms with Crippen LogP contribution in [0.1, 0.15) is 29.6 Å². The first-order valence-corrected chi connectivity index (χ1v) is 7.23. The molecule has 1 fully saturated rings. The average Bonchev–Trinajstić information content (AvgIpc) is 2.46. The number of hydrogen-bond acceptors (Lipinski definition) is 4. The smallest absolute Gasteiger partial charge is 0.293 e. The van der Waals surface area contributed by atoms with Gasteiger partial charge in [-0.15, -0.1) is 0 Å². The molecule has 2 rings (SSSR count). The Labute approximate surface area is 126 Å². The third-order valence-electron chi connectivity index (χ3n) is 3.35. The molecule has 1 aromatic rings. The lowest BCUT2D eigenvalue weighted by molar-refractivity contribution is -0.384. The summed E-state index contributed by atoms with van der Waals surface area (Å²) in [6.07, 6.45) is 3.17. The van der Waals surface area contributed by atoms with Crippen LogP contribution in [-0.2, 0) is 0 Å². The molecule has 0 N–H and O–H groups in total. The number of benzene rings is 1. The molecule has 5 nitrogen and oxygen atoms in total. The highest BCUT2D eigenvalue weighted by atomic mass is 35.5. The van der Waals surface area contributed by atoms with Gasteiger partial charge in [-0.25, -0.2) is 0 Å². The average molecular weight is 317 g/mol. The third-order valence-corrected chi connectivity index (χ3v) is 3.75. The largest absolute Gasteiger partial charge is 0.366 e. The van der Waals surface area contributed by atoms with Crippen LogP contribution in [0.15, 0.2) is 18.2 Å². The molecular weight excluding hydrogens is 303 g/mol. The summed E-state index contributed by atoms with van der Waals surface area (Å²) in [7, 11) is 0. The van der Waals surface area contributed by atoms with Gasteiger partial charge in [0, 0.05) is 24.7 Å². The predicted molar refractivity (Wildman–Crippen MR) is 79.0 cm³/mol. The van der Waals surface area contributed by atoms with E-state index in [4.69, 9.17) is 23.2 Å². The van der Waals surface area contributed by atoms with E-state index in [-0.39, 0.29) is 11.3 Å². The van der Waals surface area contributed by atoms with Gasteiger partial charge in [0.05, 0.1) is 4.92 Å². The van der Waals surface area contributed by atoms with E-state index >= 15 is 0 Å². The van der Waals surface area contributed by atoms with Gasteiger partial charge in [-0.3, -0.25) is 14.9 Å². The molecule has 108 valence electrons. The van der Waals surface area contributed by atoms with E-state index in [1.54, 1.807) is 6.07 Å². The number of Topliss-reactive ketones (excluding diaryl/α,β-unsaturated/α-hetero) is 1. The maximum atomic E-state index is 11.7. The number of nitro groups is 1. The molecule has 1 heterocycles. The monoisotopic (exact) mass is 316 g/mol. The highest BCUT2D eigenvalue weighted by Crippen LogP contribution is 2.32. The lowest BCUT2D eigenvalue weighted by Crippen LogP contribution is -2.30. The van der Waals surface area contributed by atoms with Gasteiger partial charge in [0.15, 0.2) is 10.6 Å². The summed E-state index contributed by atoms with van der Waals surface area (Å²) in [5.74, 6) is -0.526. The second kappa shape index (κ2) is 6.41. The van der Waals surface area contributed by atoms with Crippen LogP contribution in [0, 0.1) is 10.1 Å². The van der Waals surface area contributed by atoms with E-state index in [1.165, 1.54) is 12.1 Å². The second-order valence-corrected chi connectivity index (χ2v) is 5.77. The molecule has 0 aromatic heterocycles. The number of carbonyl (C=O) groups is 1. The van der Waals surface area contributed by atoms with Crippen molar-refractivity contribution in [1.29, 1.82) is 0 Å². The van der Waals surface area contributed by atoms with Crippen LogP contribution in [0.5, 0.6) is 0 Å². The molecule has 0 amide bonds. The summed E-state index contributed by atoms with van der Waals surface area (Å²) in [6, 6.07) is 4.40.